The molecule has 0 amide bonds. The summed E-state index contributed by atoms with van der Waals surface area (Å²) >= 11 is 0. The number of unbranched alkanes of at least 4 members (excludes halogenated alkanes) is 1. The smallest absolute Gasteiger partial charge is 0.295 e. The largest absolute Gasteiger partial charge is 0.424 e. The summed E-state index contributed by atoms with van der Waals surface area (Å²) in [4.78, 5) is 4.35. The molecule has 1 aromatic heterocycles. The second-order valence-electron chi connectivity index (χ2n) is 4.54. The third kappa shape index (κ3) is 3.74. The highest BCUT2D eigenvalue weighted by Crippen LogP contribution is 2.17. The number of nitrogens with zero attached hydrogens (tertiary/aromatic N) is 1. The molecule has 2 rings (SSSR count). The Labute approximate surface area is 107 Å². The van der Waals surface area contributed by atoms with Crippen LogP contribution in [0.4, 0.5) is 6.01 Å². The molecule has 0 aliphatic heterocycles. The molecule has 4 heteroatoms. The molecule has 4 nitrogen and oxygen atoms in total. The van der Waals surface area contributed by atoms with Crippen LogP contribution in [0.2, 0.25) is 0 Å². The number of oxazole rings is 1. The maximum Gasteiger partial charge on any atom is 0.295 e. The monoisotopic (exact) mass is 248 g/mol. The van der Waals surface area contributed by atoms with E-state index in [4.69, 9.17) is 9.15 Å². The second-order valence-corrected chi connectivity index (χ2v) is 4.54. The molecule has 0 radical (unpaired) electrons. The van der Waals surface area contributed by atoms with Crippen LogP contribution in [0.1, 0.15) is 26.7 Å². The zero-order valence-corrected chi connectivity index (χ0v) is 11.0. The molecule has 1 aromatic carbocycles. The van der Waals surface area contributed by atoms with Crippen LogP contribution in [0.3, 0.4) is 0 Å². The first-order valence-electron chi connectivity index (χ1n) is 6.47. The van der Waals surface area contributed by atoms with Crippen molar-refractivity contribution in [2.75, 3.05) is 18.5 Å². The number of ether oxygens (including phenoxy) is 1. The van der Waals surface area contributed by atoms with Gasteiger partial charge in [0.25, 0.3) is 6.01 Å². The van der Waals surface area contributed by atoms with E-state index in [1.54, 1.807) is 0 Å². The summed E-state index contributed by atoms with van der Waals surface area (Å²) in [6.45, 7) is 5.77. The maximum atomic E-state index is 5.56. The summed E-state index contributed by atoms with van der Waals surface area (Å²) in [5.41, 5.74) is 1.71. The molecule has 0 unspecified atom stereocenters. The maximum absolute atomic E-state index is 5.56. The minimum absolute atomic E-state index is 0.315. The topological polar surface area (TPSA) is 47.3 Å². The van der Waals surface area contributed by atoms with Crippen molar-refractivity contribution in [3.05, 3.63) is 24.3 Å². The third-order valence-corrected chi connectivity index (χ3v) is 2.59. The van der Waals surface area contributed by atoms with E-state index >= 15 is 0 Å². The van der Waals surface area contributed by atoms with Crippen LogP contribution in [0, 0.1) is 0 Å². The Bertz CT molecular complexity index is 446. The number of hydrogen-bond donors (Lipinski definition) is 1. The van der Waals surface area contributed by atoms with Gasteiger partial charge in [0, 0.05) is 13.2 Å². The molecule has 0 aliphatic carbocycles. The van der Waals surface area contributed by atoms with Crippen LogP contribution in [0.5, 0.6) is 0 Å². The molecule has 0 spiro atoms. The first-order chi connectivity index (χ1) is 8.75. The van der Waals surface area contributed by atoms with Gasteiger partial charge in [-0.25, -0.2) is 0 Å². The van der Waals surface area contributed by atoms with Gasteiger partial charge in [-0.1, -0.05) is 12.1 Å². The lowest BCUT2D eigenvalue weighted by atomic mass is 10.3. The predicted molar refractivity (Wildman–Crippen MR) is 72.8 cm³/mol. The average Bonchev–Trinajstić information content (AvgIpc) is 2.75. The highest BCUT2D eigenvalue weighted by molar-refractivity contribution is 5.74. The van der Waals surface area contributed by atoms with E-state index in [-0.39, 0.29) is 0 Å². The van der Waals surface area contributed by atoms with Gasteiger partial charge in [-0.3, -0.25) is 0 Å². The van der Waals surface area contributed by atoms with Gasteiger partial charge in [0.15, 0.2) is 5.58 Å². The van der Waals surface area contributed by atoms with Gasteiger partial charge in [0.1, 0.15) is 5.52 Å². The molecular weight excluding hydrogens is 228 g/mol. The van der Waals surface area contributed by atoms with E-state index in [9.17, 15) is 0 Å². The number of aromatic nitrogens is 1. The Balaban J connectivity index is 1.70. The first kappa shape index (κ1) is 12.9. The Morgan fingerprint density at radius 1 is 1.28 bits per heavy atom. The molecule has 1 N–H and O–H groups in total. The number of nitrogens with one attached hydrogen (secondary N) is 1. The number of rotatable bonds is 7. The van der Waals surface area contributed by atoms with Gasteiger partial charge in [0.05, 0.1) is 6.10 Å². The molecule has 0 fully saturated rings. The van der Waals surface area contributed by atoms with E-state index in [1.165, 1.54) is 0 Å². The Morgan fingerprint density at radius 2 is 2.11 bits per heavy atom. The SMILES string of the molecule is CC(C)OCCCCNc1nc2ccccc2o1. The number of hydrogen-bond acceptors (Lipinski definition) is 4. The van der Waals surface area contributed by atoms with Crippen LogP contribution in [-0.2, 0) is 4.74 Å². The quantitative estimate of drug-likeness (QED) is 0.762. The summed E-state index contributed by atoms with van der Waals surface area (Å²) in [6, 6.07) is 8.36. The minimum Gasteiger partial charge on any atom is -0.424 e. The summed E-state index contributed by atoms with van der Waals surface area (Å²) in [5, 5.41) is 3.19. The molecule has 0 aliphatic rings. The summed E-state index contributed by atoms with van der Waals surface area (Å²) in [5.74, 6) is 0. The number of fused-ring (bicyclic) bond motifs is 1. The van der Waals surface area contributed by atoms with Crippen molar-refractivity contribution in [3.8, 4) is 0 Å². The average molecular weight is 248 g/mol. The van der Waals surface area contributed by atoms with Gasteiger partial charge < -0.3 is 14.5 Å². The molecule has 0 bridgehead atoms. The van der Waals surface area contributed by atoms with Gasteiger partial charge >= 0.3 is 0 Å². The van der Waals surface area contributed by atoms with Crippen LogP contribution in [0.25, 0.3) is 11.1 Å². The Hall–Kier alpha value is -1.55. The number of para-hydroxylation sites is 2. The van der Waals surface area contributed by atoms with Crippen LogP contribution in [0.15, 0.2) is 28.7 Å². The molecule has 0 saturated heterocycles. The third-order valence-electron chi connectivity index (χ3n) is 2.59. The van der Waals surface area contributed by atoms with Crippen molar-refractivity contribution in [1.29, 1.82) is 0 Å². The zero-order chi connectivity index (χ0) is 12.8. The molecule has 0 saturated carbocycles. The van der Waals surface area contributed by atoms with E-state index in [0.29, 0.717) is 12.1 Å². The molecule has 0 atom stereocenters. The lowest BCUT2D eigenvalue weighted by Crippen LogP contribution is -2.07. The normalized spacial score (nSPS) is 11.3. The summed E-state index contributed by atoms with van der Waals surface area (Å²) in [7, 11) is 0. The van der Waals surface area contributed by atoms with Crippen molar-refractivity contribution in [2.45, 2.75) is 32.8 Å². The van der Waals surface area contributed by atoms with Crippen molar-refractivity contribution in [2.24, 2.45) is 0 Å². The molecule has 2 aromatic rings. The standard InChI is InChI=1S/C14H20N2O2/c1-11(2)17-10-6-5-9-15-14-16-12-7-3-4-8-13(12)18-14/h3-4,7-8,11H,5-6,9-10H2,1-2H3,(H,15,16). The molecule has 18 heavy (non-hydrogen) atoms. The van der Waals surface area contributed by atoms with Crippen LogP contribution >= 0.6 is 0 Å². The minimum atomic E-state index is 0.315. The van der Waals surface area contributed by atoms with E-state index in [1.807, 2.05) is 24.3 Å². The van der Waals surface area contributed by atoms with Crippen LogP contribution in [-0.4, -0.2) is 24.2 Å². The fourth-order valence-electron chi connectivity index (χ4n) is 1.69. The number of benzene rings is 1. The predicted octanol–water partition coefficient (Wildman–Crippen LogP) is 3.44. The van der Waals surface area contributed by atoms with Crippen molar-refractivity contribution in [3.63, 3.8) is 0 Å². The first-order valence-corrected chi connectivity index (χ1v) is 6.47. The zero-order valence-electron chi connectivity index (χ0n) is 11.0. The summed E-state index contributed by atoms with van der Waals surface area (Å²) < 4.78 is 11.0. The Morgan fingerprint density at radius 3 is 2.89 bits per heavy atom. The Kier molecular flexibility index (Phi) is 4.59. The van der Waals surface area contributed by atoms with Gasteiger partial charge in [-0.05, 0) is 38.8 Å². The molecular formula is C14H20N2O2. The van der Waals surface area contributed by atoms with E-state index in [0.717, 1.165) is 37.1 Å². The van der Waals surface area contributed by atoms with E-state index < -0.39 is 0 Å². The van der Waals surface area contributed by atoms with Gasteiger partial charge in [0.2, 0.25) is 0 Å². The lowest BCUT2D eigenvalue weighted by Gasteiger charge is -2.06. The molecule has 98 valence electrons. The van der Waals surface area contributed by atoms with Gasteiger partial charge in [-0.2, -0.15) is 4.98 Å². The van der Waals surface area contributed by atoms with E-state index in [2.05, 4.69) is 24.1 Å². The lowest BCUT2D eigenvalue weighted by molar-refractivity contribution is 0.0765. The fourth-order valence-corrected chi connectivity index (χ4v) is 1.69. The van der Waals surface area contributed by atoms with Crippen LogP contribution < -0.4 is 5.32 Å². The highest BCUT2D eigenvalue weighted by atomic mass is 16.5. The molecule has 1 heterocycles. The van der Waals surface area contributed by atoms with Crippen molar-refractivity contribution >= 4 is 17.1 Å². The fraction of sp³-hybridized carbons (Fsp3) is 0.500. The number of anilines is 1. The van der Waals surface area contributed by atoms with Crippen molar-refractivity contribution < 1.29 is 9.15 Å². The summed E-state index contributed by atoms with van der Waals surface area (Å²) in [6.07, 6.45) is 2.41. The van der Waals surface area contributed by atoms with Crippen molar-refractivity contribution in [1.82, 2.24) is 4.98 Å². The highest BCUT2D eigenvalue weighted by Gasteiger charge is 2.03. The van der Waals surface area contributed by atoms with Gasteiger partial charge in [-0.15, -0.1) is 0 Å². The second kappa shape index (κ2) is 6.40.